The van der Waals surface area contributed by atoms with Crippen LogP contribution in [0.15, 0.2) is 48.8 Å². The number of benzene rings is 1. The fourth-order valence-electron chi connectivity index (χ4n) is 1.82. The van der Waals surface area contributed by atoms with Crippen LogP contribution in [-0.2, 0) is 7.05 Å². The summed E-state index contributed by atoms with van der Waals surface area (Å²) in [5.74, 6) is 0.837. The Labute approximate surface area is 98.9 Å². The lowest BCUT2D eigenvalue weighted by Crippen LogP contribution is -1.95. The third-order valence-corrected chi connectivity index (χ3v) is 2.63. The third-order valence-electron chi connectivity index (χ3n) is 2.63. The van der Waals surface area contributed by atoms with E-state index in [4.69, 9.17) is 0 Å². The molecule has 17 heavy (non-hydrogen) atoms. The van der Waals surface area contributed by atoms with Crippen molar-refractivity contribution in [3.8, 4) is 0 Å². The zero-order valence-corrected chi connectivity index (χ0v) is 9.46. The molecule has 0 fully saturated rings. The molecular formula is C13H12N4. The average Bonchev–Trinajstić information content (AvgIpc) is 2.75. The number of hydrogen-bond acceptors (Lipinski definition) is 3. The molecule has 2 aromatic heterocycles. The number of pyridine rings is 1. The molecule has 2 heterocycles. The Balaban J connectivity index is 2.05. The van der Waals surface area contributed by atoms with Gasteiger partial charge in [-0.2, -0.15) is 5.10 Å². The summed E-state index contributed by atoms with van der Waals surface area (Å²) in [5.41, 5.74) is 2.00. The fourth-order valence-corrected chi connectivity index (χ4v) is 1.82. The first kappa shape index (κ1) is 9.84. The summed E-state index contributed by atoms with van der Waals surface area (Å²) < 4.78 is 1.77. The Bertz CT molecular complexity index is 652. The SMILES string of the molecule is Cn1ccc(Nc2ccnc3ccccc23)n1. The molecule has 0 atom stereocenters. The van der Waals surface area contributed by atoms with Crippen LogP contribution in [0.25, 0.3) is 10.9 Å². The van der Waals surface area contributed by atoms with Gasteiger partial charge in [-0.15, -0.1) is 0 Å². The highest BCUT2D eigenvalue weighted by Gasteiger charge is 2.02. The molecule has 0 saturated heterocycles. The largest absolute Gasteiger partial charge is 0.338 e. The molecule has 0 spiro atoms. The highest BCUT2D eigenvalue weighted by Crippen LogP contribution is 2.23. The van der Waals surface area contributed by atoms with Gasteiger partial charge in [0.1, 0.15) is 0 Å². The first-order valence-corrected chi connectivity index (χ1v) is 5.43. The van der Waals surface area contributed by atoms with Gasteiger partial charge in [0.05, 0.1) is 11.2 Å². The highest BCUT2D eigenvalue weighted by atomic mass is 15.3. The Kier molecular flexibility index (Phi) is 2.26. The molecule has 0 aliphatic heterocycles. The molecule has 0 aliphatic rings. The fraction of sp³-hybridized carbons (Fsp3) is 0.0769. The topological polar surface area (TPSA) is 42.7 Å². The van der Waals surface area contributed by atoms with Gasteiger partial charge >= 0.3 is 0 Å². The van der Waals surface area contributed by atoms with Crippen molar-refractivity contribution in [3.05, 3.63) is 48.8 Å². The van der Waals surface area contributed by atoms with E-state index in [0.29, 0.717) is 0 Å². The third kappa shape index (κ3) is 1.85. The number of aryl methyl sites for hydroxylation is 1. The predicted octanol–water partition coefficient (Wildman–Crippen LogP) is 2.71. The number of anilines is 2. The van der Waals surface area contributed by atoms with Gasteiger partial charge in [-0.1, -0.05) is 18.2 Å². The molecule has 0 aliphatic carbocycles. The van der Waals surface area contributed by atoms with Gasteiger partial charge in [0.15, 0.2) is 5.82 Å². The second-order valence-electron chi connectivity index (χ2n) is 3.88. The van der Waals surface area contributed by atoms with Gasteiger partial charge in [0.2, 0.25) is 0 Å². The Hall–Kier alpha value is -2.36. The van der Waals surface area contributed by atoms with Gasteiger partial charge in [-0.25, -0.2) is 0 Å². The van der Waals surface area contributed by atoms with Crippen LogP contribution in [0.1, 0.15) is 0 Å². The number of rotatable bonds is 2. The lowest BCUT2D eigenvalue weighted by atomic mass is 10.2. The summed E-state index contributed by atoms with van der Waals surface area (Å²) in [5, 5.41) is 8.69. The Morgan fingerprint density at radius 2 is 2.00 bits per heavy atom. The maximum Gasteiger partial charge on any atom is 0.152 e. The summed E-state index contributed by atoms with van der Waals surface area (Å²) in [4.78, 5) is 4.32. The van der Waals surface area contributed by atoms with E-state index in [1.54, 1.807) is 10.9 Å². The molecule has 1 N–H and O–H groups in total. The monoisotopic (exact) mass is 224 g/mol. The van der Waals surface area contributed by atoms with E-state index < -0.39 is 0 Å². The van der Waals surface area contributed by atoms with Crippen molar-refractivity contribution >= 4 is 22.4 Å². The van der Waals surface area contributed by atoms with E-state index in [1.807, 2.05) is 49.6 Å². The van der Waals surface area contributed by atoms with E-state index in [-0.39, 0.29) is 0 Å². The molecule has 84 valence electrons. The molecule has 0 amide bonds. The lowest BCUT2D eigenvalue weighted by molar-refractivity contribution is 0.771. The molecule has 1 aromatic carbocycles. The number of nitrogens with zero attached hydrogens (tertiary/aromatic N) is 3. The molecule has 4 heteroatoms. The van der Waals surface area contributed by atoms with Crippen molar-refractivity contribution in [3.63, 3.8) is 0 Å². The van der Waals surface area contributed by atoms with Gasteiger partial charge < -0.3 is 5.32 Å². The van der Waals surface area contributed by atoms with Gasteiger partial charge in [0, 0.05) is 30.9 Å². The minimum absolute atomic E-state index is 0.837. The van der Waals surface area contributed by atoms with Crippen molar-refractivity contribution in [1.29, 1.82) is 0 Å². The number of aromatic nitrogens is 3. The number of hydrogen-bond donors (Lipinski definition) is 1. The standard InChI is InChI=1S/C13H12N4/c1-17-9-7-13(16-17)15-12-6-8-14-11-5-3-2-4-10(11)12/h2-9H,1H3,(H,14,15,16). The Morgan fingerprint density at radius 1 is 1.12 bits per heavy atom. The number of para-hydroxylation sites is 1. The molecule has 0 saturated carbocycles. The molecule has 0 radical (unpaired) electrons. The molecule has 4 nitrogen and oxygen atoms in total. The van der Waals surface area contributed by atoms with Crippen LogP contribution in [0.5, 0.6) is 0 Å². The van der Waals surface area contributed by atoms with Crippen molar-refractivity contribution in [2.24, 2.45) is 7.05 Å². The molecule has 3 rings (SSSR count). The second kappa shape index (κ2) is 3.90. The van der Waals surface area contributed by atoms with Gasteiger partial charge in [-0.3, -0.25) is 9.67 Å². The maximum atomic E-state index is 4.32. The van der Waals surface area contributed by atoms with E-state index >= 15 is 0 Å². The number of nitrogens with one attached hydrogen (secondary N) is 1. The zero-order valence-electron chi connectivity index (χ0n) is 9.46. The predicted molar refractivity (Wildman–Crippen MR) is 68.2 cm³/mol. The smallest absolute Gasteiger partial charge is 0.152 e. The van der Waals surface area contributed by atoms with Crippen LogP contribution in [0.4, 0.5) is 11.5 Å². The highest BCUT2D eigenvalue weighted by molar-refractivity contribution is 5.92. The van der Waals surface area contributed by atoms with Gasteiger partial charge in [-0.05, 0) is 12.1 Å². The maximum absolute atomic E-state index is 4.32. The van der Waals surface area contributed by atoms with Crippen molar-refractivity contribution in [2.75, 3.05) is 5.32 Å². The van der Waals surface area contributed by atoms with Crippen LogP contribution >= 0.6 is 0 Å². The van der Waals surface area contributed by atoms with Gasteiger partial charge in [0.25, 0.3) is 0 Å². The van der Waals surface area contributed by atoms with Crippen molar-refractivity contribution in [2.45, 2.75) is 0 Å². The van der Waals surface area contributed by atoms with E-state index in [9.17, 15) is 0 Å². The summed E-state index contributed by atoms with van der Waals surface area (Å²) in [6.07, 6.45) is 3.71. The lowest BCUT2D eigenvalue weighted by Gasteiger charge is -2.06. The van der Waals surface area contributed by atoms with Crippen molar-refractivity contribution in [1.82, 2.24) is 14.8 Å². The molecular weight excluding hydrogens is 212 g/mol. The van der Waals surface area contributed by atoms with E-state index in [0.717, 1.165) is 22.4 Å². The average molecular weight is 224 g/mol. The van der Waals surface area contributed by atoms with Crippen LogP contribution in [0.3, 0.4) is 0 Å². The summed E-state index contributed by atoms with van der Waals surface area (Å²) in [7, 11) is 1.90. The van der Waals surface area contributed by atoms with Crippen LogP contribution in [0.2, 0.25) is 0 Å². The first-order chi connectivity index (χ1) is 8.33. The quantitative estimate of drug-likeness (QED) is 0.727. The van der Waals surface area contributed by atoms with Crippen LogP contribution < -0.4 is 5.32 Å². The summed E-state index contributed by atoms with van der Waals surface area (Å²) in [6.45, 7) is 0. The summed E-state index contributed by atoms with van der Waals surface area (Å²) >= 11 is 0. The first-order valence-electron chi connectivity index (χ1n) is 5.43. The minimum Gasteiger partial charge on any atom is -0.338 e. The number of fused-ring (bicyclic) bond motifs is 1. The van der Waals surface area contributed by atoms with Crippen molar-refractivity contribution < 1.29 is 0 Å². The zero-order chi connectivity index (χ0) is 11.7. The van der Waals surface area contributed by atoms with Crippen LogP contribution in [0, 0.1) is 0 Å². The molecule has 0 bridgehead atoms. The minimum atomic E-state index is 0.837. The van der Waals surface area contributed by atoms with E-state index in [2.05, 4.69) is 15.4 Å². The Morgan fingerprint density at radius 3 is 2.82 bits per heavy atom. The van der Waals surface area contributed by atoms with E-state index in [1.165, 1.54) is 0 Å². The molecule has 0 unspecified atom stereocenters. The summed E-state index contributed by atoms with van der Waals surface area (Å²) in [6, 6.07) is 11.9. The van der Waals surface area contributed by atoms with Crippen LogP contribution in [-0.4, -0.2) is 14.8 Å². The normalized spacial score (nSPS) is 10.6. The molecule has 3 aromatic rings. The second-order valence-corrected chi connectivity index (χ2v) is 3.88.